The summed E-state index contributed by atoms with van der Waals surface area (Å²) < 4.78 is 10.7. The van der Waals surface area contributed by atoms with Crippen molar-refractivity contribution in [1.29, 1.82) is 0 Å². The molecule has 2 amide bonds. The predicted octanol–water partition coefficient (Wildman–Crippen LogP) is 2.45. The van der Waals surface area contributed by atoms with Crippen LogP contribution in [0.15, 0.2) is 18.2 Å². The van der Waals surface area contributed by atoms with Gasteiger partial charge >= 0.3 is 0 Å². The van der Waals surface area contributed by atoms with E-state index in [2.05, 4.69) is 18.7 Å². The molecule has 4 rings (SSSR count). The number of benzene rings is 1. The van der Waals surface area contributed by atoms with Crippen LogP contribution in [0, 0.1) is 11.8 Å². The minimum absolute atomic E-state index is 0.0700. The summed E-state index contributed by atoms with van der Waals surface area (Å²) in [7, 11) is 0. The van der Waals surface area contributed by atoms with Crippen LogP contribution in [0.5, 0.6) is 11.5 Å². The molecule has 2 fully saturated rings. The molecule has 1 aliphatic carbocycles. The zero-order valence-electron chi connectivity index (χ0n) is 16.1. The Balaban J connectivity index is 1.45. The summed E-state index contributed by atoms with van der Waals surface area (Å²) in [6, 6.07) is 5.74. The lowest BCUT2D eigenvalue weighted by atomic mass is 10.0. The van der Waals surface area contributed by atoms with Gasteiger partial charge in [-0.3, -0.25) is 9.59 Å². The van der Waals surface area contributed by atoms with Crippen molar-refractivity contribution in [1.82, 2.24) is 9.80 Å². The summed E-state index contributed by atoms with van der Waals surface area (Å²) in [5.41, 5.74) is 0.913. The molecule has 1 aromatic carbocycles. The molecule has 1 unspecified atom stereocenters. The fourth-order valence-electron chi connectivity index (χ4n) is 3.93. The summed E-state index contributed by atoms with van der Waals surface area (Å²) in [4.78, 5) is 29.6. The van der Waals surface area contributed by atoms with Crippen LogP contribution >= 0.6 is 0 Å². The molecule has 0 radical (unpaired) electrons. The third kappa shape index (κ3) is 4.04. The minimum Gasteiger partial charge on any atom is -0.454 e. The van der Waals surface area contributed by atoms with Gasteiger partial charge in [0.05, 0.1) is 12.5 Å². The molecule has 1 saturated carbocycles. The molecule has 0 aromatic heterocycles. The van der Waals surface area contributed by atoms with Gasteiger partial charge in [-0.05, 0) is 42.4 Å². The Kier molecular flexibility index (Phi) is 4.98. The zero-order chi connectivity index (χ0) is 19.0. The monoisotopic (exact) mass is 372 g/mol. The van der Waals surface area contributed by atoms with E-state index in [0.29, 0.717) is 43.5 Å². The van der Waals surface area contributed by atoms with E-state index in [1.807, 2.05) is 23.1 Å². The van der Waals surface area contributed by atoms with Gasteiger partial charge in [-0.25, -0.2) is 0 Å². The van der Waals surface area contributed by atoms with E-state index < -0.39 is 0 Å². The highest BCUT2D eigenvalue weighted by molar-refractivity contribution is 5.82. The van der Waals surface area contributed by atoms with E-state index in [9.17, 15) is 9.59 Å². The zero-order valence-corrected chi connectivity index (χ0v) is 16.1. The third-order valence-corrected chi connectivity index (χ3v) is 5.79. The first kappa shape index (κ1) is 18.1. The highest BCUT2D eigenvalue weighted by Crippen LogP contribution is 2.33. The Hall–Kier alpha value is -2.24. The maximum atomic E-state index is 13.0. The maximum Gasteiger partial charge on any atom is 0.231 e. The van der Waals surface area contributed by atoms with E-state index >= 15 is 0 Å². The van der Waals surface area contributed by atoms with E-state index in [0.717, 1.165) is 17.9 Å². The van der Waals surface area contributed by atoms with Crippen molar-refractivity contribution < 1.29 is 19.1 Å². The molecular weight excluding hydrogens is 344 g/mol. The van der Waals surface area contributed by atoms with Gasteiger partial charge in [-0.1, -0.05) is 19.9 Å². The summed E-state index contributed by atoms with van der Waals surface area (Å²) in [6.45, 7) is 6.50. The van der Waals surface area contributed by atoms with Crippen LogP contribution in [0.2, 0.25) is 0 Å². The summed E-state index contributed by atoms with van der Waals surface area (Å²) >= 11 is 0. The Bertz CT molecular complexity index is 729. The first-order chi connectivity index (χ1) is 13.0. The van der Waals surface area contributed by atoms with Gasteiger partial charge in [0.15, 0.2) is 11.5 Å². The van der Waals surface area contributed by atoms with Crippen molar-refractivity contribution in [2.24, 2.45) is 11.8 Å². The van der Waals surface area contributed by atoms with Gasteiger partial charge in [-0.2, -0.15) is 0 Å². The lowest BCUT2D eigenvalue weighted by Gasteiger charge is -2.34. The molecule has 146 valence electrons. The largest absolute Gasteiger partial charge is 0.454 e. The number of amides is 2. The number of nitrogens with zero attached hydrogens (tertiary/aromatic N) is 2. The van der Waals surface area contributed by atoms with E-state index in [1.165, 1.54) is 12.8 Å². The Morgan fingerprint density at radius 2 is 2.00 bits per heavy atom. The van der Waals surface area contributed by atoms with Gasteiger partial charge in [0.1, 0.15) is 0 Å². The van der Waals surface area contributed by atoms with E-state index in [1.54, 1.807) is 0 Å². The van der Waals surface area contributed by atoms with Crippen LogP contribution in [-0.2, 0) is 16.0 Å². The second kappa shape index (κ2) is 7.41. The molecule has 0 N–H and O–H groups in total. The molecule has 1 saturated heterocycles. The van der Waals surface area contributed by atoms with Gasteiger partial charge in [0.25, 0.3) is 0 Å². The van der Waals surface area contributed by atoms with Crippen LogP contribution in [-0.4, -0.2) is 54.1 Å². The number of ether oxygens (including phenoxy) is 2. The first-order valence-corrected chi connectivity index (χ1v) is 9.97. The number of hydrogen-bond donors (Lipinski definition) is 0. The third-order valence-electron chi connectivity index (χ3n) is 5.79. The van der Waals surface area contributed by atoms with Crippen LogP contribution in [0.4, 0.5) is 0 Å². The SMILES string of the molecule is CC(C)C1CN(C(=O)Cc2ccc3c(c2)OCO3)CCC(=O)N1CC1CC1. The van der Waals surface area contributed by atoms with Crippen LogP contribution < -0.4 is 9.47 Å². The highest BCUT2D eigenvalue weighted by atomic mass is 16.7. The second-order valence-corrected chi connectivity index (χ2v) is 8.25. The lowest BCUT2D eigenvalue weighted by Crippen LogP contribution is -2.48. The standard InChI is InChI=1S/C21H28N2O4/c1-14(2)17-12-22(8-7-20(24)23(17)11-15-3-4-15)21(25)10-16-5-6-18-19(9-16)27-13-26-18/h5-6,9,14-15,17H,3-4,7-8,10-13H2,1-2H3. The Labute approximate surface area is 160 Å². The van der Waals surface area contributed by atoms with Crippen molar-refractivity contribution in [3.8, 4) is 11.5 Å². The molecule has 6 heteroatoms. The van der Waals surface area contributed by atoms with Crippen molar-refractivity contribution in [3.05, 3.63) is 23.8 Å². The van der Waals surface area contributed by atoms with Gasteiger partial charge < -0.3 is 19.3 Å². The van der Waals surface area contributed by atoms with Gasteiger partial charge in [0, 0.05) is 26.1 Å². The lowest BCUT2D eigenvalue weighted by molar-refractivity contribution is -0.134. The molecule has 1 atom stereocenters. The van der Waals surface area contributed by atoms with Crippen LogP contribution in [0.25, 0.3) is 0 Å². The molecule has 2 aliphatic heterocycles. The molecule has 6 nitrogen and oxygen atoms in total. The fourth-order valence-corrected chi connectivity index (χ4v) is 3.93. The number of carbonyl (C=O) groups is 2. The Morgan fingerprint density at radius 1 is 1.22 bits per heavy atom. The average Bonchev–Trinajstić information content (AvgIpc) is 3.37. The maximum absolute atomic E-state index is 13.0. The van der Waals surface area contributed by atoms with Gasteiger partial charge in [-0.15, -0.1) is 0 Å². The number of fused-ring (bicyclic) bond motifs is 1. The number of rotatable bonds is 5. The van der Waals surface area contributed by atoms with E-state index in [-0.39, 0.29) is 24.6 Å². The van der Waals surface area contributed by atoms with Crippen molar-refractivity contribution in [2.45, 2.75) is 45.6 Å². The fraction of sp³-hybridized carbons (Fsp3) is 0.619. The Morgan fingerprint density at radius 3 is 2.74 bits per heavy atom. The first-order valence-electron chi connectivity index (χ1n) is 9.97. The van der Waals surface area contributed by atoms with Crippen molar-refractivity contribution in [3.63, 3.8) is 0 Å². The summed E-state index contributed by atoms with van der Waals surface area (Å²) in [5, 5.41) is 0. The van der Waals surface area contributed by atoms with Crippen molar-refractivity contribution in [2.75, 3.05) is 26.4 Å². The second-order valence-electron chi connectivity index (χ2n) is 8.25. The molecule has 0 bridgehead atoms. The molecule has 1 aromatic rings. The molecule has 3 aliphatic rings. The summed E-state index contributed by atoms with van der Waals surface area (Å²) in [5.74, 6) is 2.67. The smallest absolute Gasteiger partial charge is 0.231 e. The quantitative estimate of drug-likeness (QED) is 0.797. The van der Waals surface area contributed by atoms with Crippen LogP contribution in [0.3, 0.4) is 0 Å². The molecular formula is C21H28N2O4. The molecule has 2 heterocycles. The number of carbonyl (C=O) groups excluding carboxylic acids is 2. The summed E-state index contributed by atoms with van der Waals surface area (Å²) in [6.07, 6.45) is 3.18. The van der Waals surface area contributed by atoms with Crippen molar-refractivity contribution >= 4 is 11.8 Å². The topological polar surface area (TPSA) is 59.1 Å². The molecule has 27 heavy (non-hydrogen) atoms. The normalized spacial score (nSPS) is 22.3. The molecule has 0 spiro atoms. The van der Waals surface area contributed by atoms with E-state index in [4.69, 9.17) is 9.47 Å². The van der Waals surface area contributed by atoms with Crippen LogP contribution in [0.1, 0.15) is 38.7 Å². The number of hydrogen-bond acceptors (Lipinski definition) is 4. The van der Waals surface area contributed by atoms with Gasteiger partial charge in [0.2, 0.25) is 18.6 Å². The average molecular weight is 372 g/mol. The minimum atomic E-state index is 0.0700. The highest BCUT2D eigenvalue weighted by Gasteiger charge is 2.36. The predicted molar refractivity (Wildman–Crippen MR) is 101 cm³/mol.